The summed E-state index contributed by atoms with van der Waals surface area (Å²) < 4.78 is 1.44. The van der Waals surface area contributed by atoms with Gasteiger partial charge in [0.15, 0.2) is 0 Å². The second kappa shape index (κ2) is 7.40. The largest absolute Gasteiger partial charge is 0.338 e. The van der Waals surface area contributed by atoms with Crippen molar-refractivity contribution in [2.24, 2.45) is 5.92 Å². The number of amides is 1. The van der Waals surface area contributed by atoms with Gasteiger partial charge in [0.05, 0.1) is 0 Å². The topological polar surface area (TPSA) is 54.7 Å². The molecule has 0 aliphatic rings. The second-order valence-electron chi connectivity index (χ2n) is 5.94. The molecule has 0 fully saturated rings. The Hall–Kier alpha value is -2.17. The van der Waals surface area contributed by atoms with Crippen molar-refractivity contribution < 1.29 is 4.79 Å². The zero-order chi connectivity index (χ0) is 17.0. The van der Waals surface area contributed by atoms with E-state index >= 15 is 0 Å². The van der Waals surface area contributed by atoms with Gasteiger partial charge in [-0.25, -0.2) is 4.98 Å². The van der Waals surface area contributed by atoms with Crippen molar-refractivity contribution in [1.29, 1.82) is 0 Å². The average Bonchev–Trinajstić information content (AvgIpc) is 2.55. The molecule has 23 heavy (non-hydrogen) atoms. The van der Waals surface area contributed by atoms with E-state index in [-0.39, 0.29) is 17.0 Å². The van der Waals surface area contributed by atoms with Crippen LogP contribution in [0.5, 0.6) is 0 Å². The molecule has 0 atom stereocenters. The quantitative estimate of drug-likeness (QED) is 0.823. The minimum atomic E-state index is -0.303. The third kappa shape index (κ3) is 3.60. The van der Waals surface area contributed by atoms with Crippen LogP contribution in [0.3, 0.4) is 0 Å². The molecule has 0 saturated heterocycles. The Labute approximate surface area is 137 Å². The highest BCUT2D eigenvalue weighted by Gasteiger charge is 2.21. The van der Waals surface area contributed by atoms with Crippen LogP contribution in [0.1, 0.15) is 49.5 Å². The summed E-state index contributed by atoms with van der Waals surface area (Å²) >= 11 is 0. The molecule has 5 heteroatoms. The predicted octanol–water partition coefficient (Wildman–Crippen LogP) is 2.90. The third-order valence-electron chi connectivity index (χ3n) is 4.40. The molecular weight excluding hydrogens is 290 g/mol. The SMILES string of the molecule is CCC(CC)CN(CC)C(=O)c1cnc2cc(C)ccn2c1=O. The molecule has 0 aliphatic carbocycles. The van der Waals surface area contributed by atoms with Crippen molar-refractivity contribution in [3.05, 3.63) is 46.0 Å². The van der Waals surface area contributed by atoms with Crippen LogP contribution >= 0.6 is 0 Å². The molecule has 2 rings (SSSR count). The molecule has 2 aromatic heterocycles. The maximum atomic E-state index is 12.7. The molecule has 0 radical (unpaired) electrons. The normalized spacial score (nSPS) is 11.2. The lowest BCUT2D eigenvalue weighted by Gasteiger charge is -2.25. The number of carbonyl (C=O) groups excluding carboxylic acids is 1. The van der Waals surface area contributed by atoms with Gasteiger partial charge in [-0.05, 0) is 37.5 Å². The number of carbonyl (C=O) groups is 1. The first kappa shape index (κ1) is 17.2. The fraction of sp³-hybridized carbons (Fsp3) is 0.500. The molecule has 0 aromatic carbocycles. The highest BCUT2D eigenvalue weighted by atomic mass is 16.2. The average molecular weight is 315 g/mol. The first-order valence-electron chi connectivity index (χ1n) is 8.29. The van der Waals surface area contributed by atoms with Crippen molar-refractivity contribution >= 4 is 11.6 Å². The van der Waals surface area contributed by atoms with E-state index in [2.05, 4.69) is 18.8 Å². The molecule has 1 amide bonds. The van der Waals surface area contributed by atoms with Crippen LogP contribution in [0, 0.1) is 12.8 Å². The van der Waals surface area contributed by atoms with E-state index in [9.17, 15) is 9.59 Å². The fourth-order valence-electron chi connectivity index (χ4n) is 2.71. The lowest BCUT2D eigenvalue weighted by atomic mass is 10.0. The van der Waals surface area contributed by atoms with Gasteiger partial charge in [-0.1, -0.05) is 26.7 Å². The van der Waals surface area contributed by atoms with Crippen LogP contribution in [0.15, 0.2) is 29.3 Å². The van der Waals surface area contributed by atoms with E-state index in [0.29, 0.717) is 24.7 Å². The number of hydrogen-bond donors (Lipinski definition) is 0. The van der Waals surface area contributed by atoms with Gasteiger partial charge in [-0.2, -0.15) is 0 Å². The molecule has 5 nitrogen and oxygen atoms in total. The molecule has 0 aliphatic heterocycles. The molecule has 0 N–H and O–H groups in total. The van der Waals surface area contributed by atoms with Crippen LogP contribution in [-0.4, -0.2) is 33.3 Å². The van der Waals surface area contributed by atoms with E-state index in [0.717, 1.165) is 18.4 Å². The molecule has 0 saturated carbocycles. The van der Waals surface area contributed by atoms with Crippen LogP contribution in [0.4, 0.5) is 0 Å². The van der Waals surface area contributed by atoms with Gasteiger partial charge in [0.2, 0.25) is 0 Å². The van der Waals surface area contributed by atoms with Crippen molar-refractivity contribution in [2.75, 3.05) is 13.1 Å². The van der Waals surface area contributed by atoms with E-state index in [1.165, 1.54) is 10.6 Å². The molecule has 2 aromatic rings. The Morgan fingerprint density at radius 1 is 1.30 bits per heavy atom. The Balaban J connectivity index is 2.38. The van der Waals surface area contributed by atoms with Crippen molar-refractivity contribution in [1.82, 2.24) is 14.3 Å². The maximum absolute atomic E-state index is 12.7. The lowest BCUT2D eigenvalue weighted by molar-refractivity contribution is 0.0732. The van der Waals surface area contributed by atoms with Crippen LogP contribution in [0.25, 0.3) is 5.65 Å². The van der Waals surface area contributed by atoms with E-state index in [1.807, 2.05) is 26.0 Å². The van der Waals surface area contributed by atoms with Crippen LogP contribution < -0.4 is 5.56 Å². The van der Waals surface area contributed by atoms with Crippen molar-refractivity contribution in [3.8, 4) is 0 Å². The van der Waals surface area contributed by atoms with Gasteiger partial charge in [0.1, 0.15) is 11.2 Å². The summed E-state index contributed by atoms with van der Waals surface area (Å²) in [4.78, 5) is 31.4. The molecule has 0 bridgehead atoms. The number of pyridine rings is 1. The van der Waals surface area contributed by atoms with E-state index in [1.54, 1.807) is 11.1 Å². The van der Waals surface area contributed by atoms with E-state index < -0.39 is 0 Å². The van der Waals surface area contributed by atoms with Crippen LogP contribution in [0.2, 0.25) is 0 Å². The Kier molecular flexibility index (Phi) is 5.53. The fourth-order valence-corrected chi connectivity index (χ4v) is 2.71. The Morgan fingerprint density at radius 3 is 2.61 bits per heavy atom. The number of aromatic nitrogens is 2. The predicted molar refractivity (Wildman–Crippen MR) is 91.8 cm³/mol. The first-order chi connectivity index (χ1) is 11.0. The smallest absolute Gasteiger partial charge is 0.270 e. The highest BCUT2D eigenvalue weighted by molar-refractivity contribution is 5.93. The number of fused-ring (bicyclic) bond motifs is 1. The first-order valence-corrected chi connectivity index (χ1v) is 8.29. The van der Waals surface area contributed by atoms with Gasteiger partial charge >= 0.3 is 0 Å². The van der Waals surface area contributed by atoms with Gasteiger partial charge in [0.25, 0.3) is 11.5 Å². The highest BCUT2D eigenvalue weighted by Crippen LogP contribution is 2.12. The Morgan fingerprint density at radius 2 is 2.00 bits per heavy atom. The summed E-state index contributed by atoms with van der Waals surface area (Å²) in [6, 6.07) is 3.67. The summed E-state index contributed by atoms with van der Waals surface area (Å²) in [5.74, 6) is 0.226. The minimum absolute atomic E-state index is 0.138. The number of rotatable bonds is 6. The van der Waals surface area contributed by atoms with Crippen molar-refractivity contribution in [2.45, 2.75) is 40.5 Å². The van der Waals surface area contributed by atoms with Crippen molar-refractivity contribution in [3.63, 3.8) is 0 Å². The summed E-state index contributed by atoms with van der Waals surface area (Å²) in [6.07, 6.45) is 5.13. The lowest BCUT2D eigenvalue weighted by Crippen LogP contribution is -2.38. The minimum Gasteiger partial charge on any atom is -0.338 e. The van der Waals surface area contributed by atoms with Gasteiger partial charge in [-0.15, -0.1) is 0 Å². The summed E-state index contributed by atoms with van der Waals surface area (Å²) in [7, 11) is 0. The molecule has 0 unspecified atom stereocenters. The zero-order valence-electron chi connectivity index (χ0n) is 14.4. The molecular formula is C18H25N3O2. The standard InChI is InChI=1S/C18H25N3O2/c1-5-14(6-2)12-20(7-3)17(22)15-11-19-16-10-13(4)8-9-21(16)18(15)23/h8-11,14H,5-7,12H2,1-4H3. The summed E-state index contributed by atoms with van der Waals surface area (Å²) in [5.41, 5.74) is 1.43. The van der Waals surface area contributed by atoms with Gasteiger partial charge < -0.3 is 4.90 Å². The summed E-state index contributed by atoms with van der Waals surface area (Å²) in [6.45, 7) is 9.40. The van der Waals surface area contributed by atoms with Crippen LogP contribution in [-0.2, 0) is 0 Å². The zero-order valence-corrected chi connectivity index (χ0v) is 14.4. The third-order valence-corrected chi connectivity index (χ3v) is 4.40. The van der Waals surface area contributed by atoms with Gasteiger partial charge in [0, 0.05) is 25.5 Å². The van der Waals surface area contributed by atoms with E-state index in [4.69, 9.17) is 0 Å². The number of aryl methyl sites for hydroxylation is 1. The molecule has 2 heterocycles. The number of hydrogen-bond acceptors (Lipinski definition) is 3. The second-order valence-corrected chi connectivity index (χ2v) is 5.94. The molecule has 124 valence electrons. The monoisotopic (exact) mass is 315 g/mol. The Bertz CT molecular complexity index is 748. The number of nitrogens with zero attached hydrogens (tertiary/aromatic N) is 3. The molecule has 0 spiro atoms. The maximum Gasteiger partial charge on any atom is 0.270 e. The van der Waals surface area contributed by atoms with Gasteiger partial charge in [-0.3, -0.25) is 14.0 Å². The summed E-state index contributed by atoms with van der Waals surface area (Å²) in [5, 5.41) is 0.